The molecule has 1 aliphatic rings. The van der Waals surface area contributed by atoms with Crippen molar-refractivity contribution in [3.05, 3.63) is 82.0 Å². The van der Waals surface area contributed by atoms with Crippen LogP contribution in [0.1, 0.15) is 31.2 Å². The van der Waals surface area contributed by atoms with Crippen LogP contribution >= 0.6 is 11.3 Å². The Morgan fingerprint density at radius 3 is 2.74 bits per heavy atom. The summed E-state index contributed by atoms with van der Waals surface area (Å²) in [7, 11) is 0. The minimum absolute atomic E-state index is 0.0614. The van der Waals surface area contributed by atoms with E-state index in [4.69, 9.17) is 0 Å². The van der Waals surface area contributed by atoms with Gasteiger partial charge in [0.1, 0.15) is 5.82 Å². The van der Waals surface area contributed by atoms with E-state index in [2.05, 4.69) is 5.32 Å². The molecule has 1 aromatic heterocycles. The van der Waals surface area contributed by atoms with Gasteiger partial charge in [0.25, 0.3) is 11.8 Å². The van der Waals surface area contributed by atoms with Crippen molar-refractivity contribution in [2.24, 2.45) is 0 Å². The topological polar surface area (TPSA) is 49.4 Å². The Bertz CT molecular complexity index is 1040. The van der Waals surface area contributed by atoms with E-state index in [0.717, 1.165) is 17.7 Å². The first kappa shape index (κ1) is 17.4. The van der Waals surface area contributed by atoms with Gasteiger partial charge in [-0.1, -0.05) is 24.3 Å². The van der Waals surface area contributed by atoms with Crippen molar-refractivity contribution < 1.29 is 14.0 Å². The van der Waals surface area contributed by atoms with Crippen molar-refractivity contribution in [1.82, 2.24) is 0 Å². The molecule has 4 rings (SSSR count). The lowest BCUT2D eigenvalue weighted by molar-refractivity contribution is 0.0990. The molecule has 136 valence electrons. The van der Waals surface area contributed by atoms with Crippen LogP contribution in [0.2, 0.25) is 0 Å². The highest BCUT2D eigenvalue weighted by molar-refractivity contribution is 7.18. The Labute approximate surface area is 160 Å². The maximum atomic E-state index is 13.3. The van der Waals surface area contributed by atoms with Gasteiger partial charge in [-0.15, -0.1) is 11.3 Å². The molecule has 1 N–H and O–H groups in total. The molecular formula is C21H17FN2O2S. The number of halogens is 1. The molecule has 0 saturated carbocycles. The number of hydrogen-bond donors (Lipinski definition) is 1. The summed E-state index contributed by atoms with van der Waals surface area (Å²) in [5.74, 6) is -0.927. The number of aryl methyl sites for hydroxylation is 1. The van der Waals surface area contributed by atoms with Crippen LogP contribution in [0.5, 0.6) is 0 Å². The second-order valence-electron chi connectivity index (χ2n) is 6.42. The van der Waals surface area contributed by atoms with Gasteiger partial charge in [0.2, 0.25) is 0 Å². The molecule has 0 aliphatic carbocycles. The smallest absolute Gasteiger partial charge is 0.268 e. The summed E-state index contributed by atoms with van der Waals surface area (Å²) in [4.78, 5) is 27.7. The number of hydrogen-bond acceptors (Lipinski definition) is 3. The quantitative estimate of drug-likeness (QED) is 0.719. The number of rotatable bonds is 3. The molecule has 2 aromatic carbocycles. The van der Waals surface area contributed by atoms with Crippen LogP contribution in [0, 0.1) is 12.7 Å². The zero-order valence-corrected chi connectivity index (χ0v) is 15.5. The average Bonchev–Trinajstić information content (AvgIpc) is 3.24. The molecule has 0 atom stereocenters. The largest absolute Gasteiger partial charge is 0.314 e. The van der Waals surface area contributed by atoms with Crippen LogP contribution in [-0.4, -0.2) is 18.4 Å². The second-order valence-corrected chi connectivity index (χ2v) is 7.47. The van der Waals surface area contributed by atoms with Crippen LogP contribution in [0.3, 0.4) is 0 Å². The van der Waals surface area contributed by atoms with Crippen molar-refractivity contribution in [1.29, 1.82) is 0 Å². The highest BCUT2D eigenvalue weighted by Gasteiger charge is 2.27. The average molecular weight is 380 g/mol. The molecule has 1 aliphatic heterocycles. The minimum Gasteiger partial charge on any atom is -0.314 e. The number of carbonyl (C=O) groups is 2. The third kappa shape index (κ3) is 3.36. The van der Waals surface area contributed by atoms with Crippen molar-refractivity contribution >= 4 is 33.8 Å². The molecule has 0 bridgehead atoms. The van der Waals surface area contributed by atoms with Crippen LogP contribution in [0.25, 0.3) is 0 Å². The molecule has 4 nitrogen and oxygen atoms in total. The maximum absolute atomic E-state index is 13.3. The number of carbonyl (C=O) groups excluding carboxylic acids is 2. The lowest BCUT2D eigenvalue weighted by atomic mass is 10.2. The second kappa shape index (κ2) is 6.96. The maximum Gasteiger partial charge on any atom is 0.268 e. The third-order valence-electron chi connectivity index (χ3n) is 4.57. The molecule has 3 aromatic rings. The Morgan fingerprint density at radius 2 is 1.93 bits per heavy atom. The summed E-state index contributed by atoms with van der Waals surface area (Å²) in [5.41, 5.74) is 3.16. The van der Waals surface area contributed by atoms with Gasteiger partial charge in [0.15, 0.2) is 0 Å². The molecule has 6 heteroatoms. The normalized spacial score (nSPS) is 12.7. The fraction of sp³-hybridized carbons (Fsp3) is 0.143. The molecular weight excluding hydrogens is 363 g/mol. The molecule has 0 radical (unpaired) electrons. The zero-order valence-electron chi connectivity index (χ0n) is 14.7. The van der Waals surface area contributed by atoms with Crippen LogP contribution in [0.15, 0.2) is 54.6 Å². The van der Waals surface area contributed by atoms with Crippen molar-refractivity contribution in [3.8, 4) is 0 Å². The molecule has 2 heterocycles. The molecule has 0 fully saturated rings. The predicted octanol–water partition coefficient (Wildman–Crippen LogP) is 4.65. The van der Waals surface area contributed by atoms with Gasteiger partial charge < -0.3 is 10.2 Å². The lowest BCUT2D eigenvalue weighted by Crippen LogP contribution is -2.28. The number of fused-ring (bicyclic) bond motifs is 1. The molecule has 0 unspecified atom stereocenters. The molecule has 0 saturated heterocycles. The first-order valence-electron chi connectivity index (χ1n) is 8.60. The van der Waals surface area contributed by atoms with Crippen molar-refractivity contribution in [2.75, 3.05) is 16.8 Å². The zero-order chi connectivity index (χ0) is 19.0. The highest BCUT2D eigenvalue weighted by Crippen LogP contribution is 2.33. The molecule has 0 spiro atoms. The van der Waals surface area contributed by atoms with E-state index in [-0.39, 0.29) is 11.5 Å². The van der Waals surface area contributed by atoms with Crippen LogP contribution in [-0.2, 0) is 6.42 Å². The van der Waals surface area contributed by atoms with Gasteiger partial charge in [-0.3, -0.25) is 9.59 Å². The van der Waals surface area contributed by atoms with Gasteiger partial charge in [-0.05, 0) is 54.8 Å². The van der Waals surface area contributed by atoms with E-state index >= 15 is 0 Å². The Kier molecular flexibility index (Phi) is 4.49. The van der Waals surface area contributed by atoms with Gasteiger partial charge in [-0.2, -0.15) is 0 Å². The summed E-state index contributed by atoms with van der Waals surface area (Å²) < 4.78 is 13.3. The third-order valence-corrected chi connectivity index (χ3v) is 5.71. The van der Waals surface area contributed by atoms with E-state index in [9.17, 15) is 14.0 Å². The van der Waals surface area contributed by atoms with E-state index in [0.29, 0.717) is 16.4 Å². The number of benzene rings is 2. The Morgan fingerprint density at radius 1 is 1.11 bits per heavy atom. The van der Waals surface area contributed by atoms with Crippen molar-refractivity contribution in [2.45, 2.75) is 13.3 Å². The predicted molar refractivity (Wildman–Crippen MR) is 105 cm³/mol. The van der Waals surface area contributed by atoms with E-state index in [1.165, 1.54) is 35.1 Å². The number of nitrogens with one attached hydrogen (secondary N) is 1. The first-order chi connectivity index (χ1) is 13.0. The van der Waals surface area contributed by atoms with E-state index in [1.54, 1.807) is 17.0 Å². The standard InChI is InChI=1S/C21H17FN2O2S/c1-13-11-18(23-20(25)15-6-4-7-16(22)12-15)27-19(13)21(26)24-10-9-14-5-2-3-8-17(14)24/h2-8,11-12H,9-10H2,1H3,(H,23,25). The van der Waals surface area contributed by atoms with Crippen molar-refractivity contribution in [3.63, 3.8) is 0 Å². The van der Waals surface area contributed by atoms with Gasteiger partial charge in [0.05, 0.1) is 9.88 Å². The monoisotopic (exact) mass is 380 g/mol. The summed E-state index contributed by atoms with van der Waals surface area (Å²) >= 11 is 1.24. The lowest BCUT2D eigenvalue weighted by Gasteiger charge is -2.16. The first-order valence-corrected chi connectivity index (χ1v) is 9.42. The fourth-order valence-corrected chi connectivity index (χ4v) is 4.26. The highest BCUT2D eigenvalue weighted by atomic mass is 32.1. The van der Waals surface area contributed by atoms with E-state index < -0.39 is 11.7 Å². The summed E-state index contributed by atoms with van der Waals surface area (Å²) in [6, 6.07) is 15.2. The fourth-order valence-electron chi connectivity index (χ4n) is 3.24. The van der Waals surface area contributed by atoms with Crippen LogP contribution < -0.4 is 10.2 Å². The van der Waals surface area contributed by atoms with Gasteiger partial charge >= 0.3 is 0 Å². The van der Waals surface area contributed by atoms with Crippen LogP contribution in [0.4, 0.5) is 15.1 Å². The SMILES string of the molecule is Cc1cc(NC(=O)c2cccc(F)c2)sc1C(=O)N1CCc2ccccc21. The summed E-state index contributed by atoms with van der Waals surface area (Å²) in [6.45, 7) is 2.50. The summed E-state index contributed by atoms with van der Waals surface area (Å²) in [5, 5.41) is 3.32. The number of anilines is 2. The van der Waals surface area contributed by atoms with E-state index in [1.807, 2.05) is 31.2 Å². The Balaban J connectivity index is 1.55. The molecule has 27 heavy (non-hydrogen) atoms. The number of nitrogens with zero attached hydrogens (tertiary/aromatic N) is 1. The van der Waals surface area contributed by atoms with Gasteiger partial charge in [-0.25, -0.2) is 4.39 Å². The number of para-hydroxylation sites is 1. The minimum atomic E-state index is -0.464. The number of amides is 2. The van der Waals surface area contributed by atoms with Gasteiger partial charge in [0, 0.05) is 17.8 Å². The summed E-state index contributed by atoms with van der Waals surface area (Å²) in [6.07, 6.45) is 0.843. The number of thiophene rings is 1. The molecule has 2 amide bonds. The Hall–Kier alpha value is -2.99.